The molecule has 2 aromatic heterocycles. The van der Waals surface area contributed by atoms with Crippen LogP contribution in [0.5, 0.6) is 0 Å². The van der Waals surface area contributed by atoms with E-state index >= 15 is 0 Å². The zero-order valence-corrected chi connectivity index (χ0v) is 9.40. The number of non-ortho nitro benzene ring substituents is 1. The first-order valence-electron chi connectivity index (χ1n) is 4.93. The van der Waals surface area contributed by atoms with E-state index < -0.39 is 4.92 Å². The minimum atomic E-state index is -0.410. The second kappa shape index (κ2) is 3.67. The highest BCUT2D eigenvalue weighted by Gasteiger charge is 2.11. The van der Waals surface area contributed by atoms with Crippen molar-refractivity contribution in [1.29, 1.82) is 0 Å². The molecule has 0 amide bonds. The van der Waals surface area contributed by atoms with E-state index in [2.05, 4.69) is 9.97 Å². The van der Waals surface area contributed by atoms with E-state index in [1.54, 1.807) is 6.07 Å². The Balaban J connectivity index is 2.16. The summed E-state index contributed by atoms with van der Waals surface area (Å²) in [4.78, 5) is 17.7. The van der Waals surface area contributed by atoms with Crippen molar-refractivity contribution in [1.82, 2.24) is 9.97 Å². The number of nitro benzene ring substituents is 1. The molecule has 3 rings (SSSR count). The van der Waals surface area contributed by atoms with Crippen LogP contribution in [0.25, 0.3) is 20.9 Å². The van der Waals surface area contributed by atoms with E-state index in [1.807, 2.05) is 18.3 Å². The first kappa shape index (κ1) is 9.98. The quantitative estimate of drug-likeness (QED) is 0.556. The Morgan fingerprint density at radius 1 is 1.35 bits per heavy atom. The molecule has 0 saturated heterocycles. The molecule has 0 aliphatic carbocycles. The van der Waals surface area contributed by atoms with Crippen LogP contribution >= 0.6 is 11.3 Å². The molecule has 3 aromatic rings. The van der Waals surface area contributed by atoms with Crippen molar-refractivity contribution in [2.75, 3.05) is 0 Å². The van der Waals surface area contributed by atoms with Gasteiger partial charge in [-0.25, -0.2) is 4.98 Å². The maximum atomic E-state index is 10.7. The summed E-state index contributed by atoms with van der Waals surface area (Å²) in [6.07, 6.45) is 1.82. The third-order valence-electron chi connectivity index (χ3n) is 2.41. The fourth-order valence-electron chi connectivity index (χ4n) is 1.61. The monoisotopic (exact) mass is 245 g/mol. The van der Waals surface area contributed by atoms with Gasteiger partial charge in [0.2, 0.25) is 0 Å². The van der Waals surface area contributed by atoms with Crippen LogP contribution in [-0.4, -0.2) is 14.9 Å². The van der Waals surface area contributed by atoms with E-state index in [-0.39, 0.29) is 5.69 Å². The highest BCUT2D eigenvalue weighted by Crippen LogP contribution is 2.30. The van der Waals surface area contributed by atoms with Gasteiger partial charge in [0.05, 0.1) is 20.8 Å². The van der Waals surface area contributed by atoms with Crippen molar-refractivity contribution >= 4 is 27.2 Å². The Bertz CT molecular complexity index is 688. The smallest absolute Gasteiger partial charge is 0.271 e. The molecule has 0 atom stereocenters. The van der Waals surface area contributed by atoms with E-state index in [0.717, 1.165) is 15.4 Å². The highest BCUT2D eigenvalue weighted by molar-refractivity contribution is 7.21. The number of thiazole rings is 1. The Morgan fingerprint density at radius 3 is 2.94 bits per heavy atom. The van der Waals surface area contributed by atoms with Crippen molar-refractivity contribution in [3.8, 4) is 10.7 Å². The summed E-state index contributed by atoms with van der Waals surface area (Å²) in [5, 5.41) is 11.5. The number of hydrogen-bond acceptors (Lipinski definition) is 4. The SMILES string of the molecule is O=[N+]([O-])c1ccc2sc(-c3ccc[nH]3)nc2c1. The van der Waals surface area contributed by atoms with Crippen molar-refractivity contribution in [3.05, 3.63) is 46.6 Å². The largest absolute Gasteiger partial charge is 0.359 e. The summed E-state index contributed by atoms with van der Waals surface area (Å²) >= 11 is 1.51. The minimum Gasteiger partial charge on any atom is -0.359 e. The molecule has 1 N–H and O–H groups in total. The molecule has 1 aromatic carbocycles. The first-order valence-corrected chi connectivity index (χ1v) is 5.74. The Hall–Kier alpha value is -2.21. The first-order chi connectivity index (χ1) is 8.24. The molecule has 2 heterocycles. The standard InChI is InChI=1S/C11H7N3O2S/c15-14(16)7-3-4-10-9(6-7)13-11(17-10)8-2-1-5-12-8/h1-6,12H. The van der Waals surface area contributed by atoms with Gasteiger partial charge in [0.15, 0.2) is 0 Å². The number of H-pyrrole nitrogens is 1. The Morgan fingerprint density at radius 2 is 2.24 bits per heavy atom. The number of nitrogens with zero attached hydrogens (tertiary/aromatic N) is 2. The second-order valence-corrected chi connectivity index (χ2v) is 4.54. The molecular formula is C11H7N3O2S. The van der Waals surface area contributed by atoms with Crippen LogP contribution < -0.4 is 0 Å². The third kappa shape index (κ3) is 1.68. The molecule has 0 aliphatic heterocycles. The maximum absolute atomic E-state index is 10.7. The van der Waals surface area contributed by atoms with Gasteiger partial charge in [0, 0.05) is 18.3 Å². The number of nitro groups is 1. The zero-order chi connectivity index (χ0) is 11.8. The Labute approximate surface area is 99.9 Å². The lowest BCUT2D eigenvalue weighted by molar-refractivity contribution is -0.384. The van der Waals surface area contributed by atoms with Crippen molar-refractivity contribution in [2.24, 2.45) is 0 Å². The molecule has 0 fully saturated rings. The average molecular weight is 245 g/mol. The number of hydrogen-bond donors (Lipinski definition) is 1. The van der Waals surface area contributed by atoms with Gasteiger partial charge in [0.25, 0.3) is 5.69 Å². The number of benzene rings is 1. The summed E-state index contributed by atoms with van der Waals surface area (Å²) in [5.74, 6) is 0. The molecular weight excluding hydrogens is 238 g/mol. The summed E-state index contributed by atoms with van der Waals surface area (Å²) in [6.45, 7) is 0. The number of rotatable bonds is 2. The molecule has 0 spiro atoms. The lowest BCUT2D eigenvalue weighted by Gasteiger charge is -1.89. The minimum absolute atomic E-state index is 0.0702. The molecule has 0 aliphatic rings. The summed E-state index contributed by atoms with van der Waals surface area (Å²) in [6, 6.07) is 8.55. The predicted molar refractivity (Wildman–Crippen MR) is 66.1 cm³/mol. The summed E-state index contributed by atoms with van der Waals surface area (Å²) in [7, 11) is 0. The maximum Gasteiger partial charge on any atom is 0.271 e. The number of aromatic amines is 1. The van der Waals surface area contributed by atoms with E-state index in [1.165, 1.54) is 23.5 Å². The van der Waals surface area contributed by atoms with Gasteiger partial charge in [-0.1, -0.05) is 0 Å². The van der Waals surface area contributed by atoms with Crippen LogP contribution in [0.2, 0.25) is 0 Å². The zero-order valence-electron chi connectivity index (χ0n) is 8.58. The third-order valence-corrected chi connectivity index (χ3v) is 3.48. The molecule has 0 unspecified atom stereocenters. The fraction of sp³-hybridized carbons (Fsp3) is 0. The van der Waals surface area contributed by atoms with Crippen LogP contribution in [0.3, 0.4) is 0 Å². The molecule has 0 radical (unpaired) electrons. The van der Waals surface area contributed by atoms with Crippen LogP contribution in [0.1, 0.15) is 0 Å². The molecule has 5 nitrogen and oxygen atoms in total. The number of fused-ring (bicyclic) bond motifs is 1. The average Bonchev–Trinajstić information content (AvgIpc) is 2.96. The van der Waals surface area contributed by atoms with Crippen molar-refractivity contribution in [3.63, 3.8) is 0 Å². The second-order valence-electron chi connectivity index (χ2n) is 3.51. The van der Waals surface area contributed by atoms with Crippen LogP contribution in [-0.2, 0) is 0 Å². The van der Waals surface area contributed by atoms with Gasteiger partial charge >= 0.3 is 0 Å². The van der Waals surface area contributed by atoms with Gasteiger partial charge in [-0.2, -0.15) is 0 Å². The fourth-order valence-corrected chi connectivity index (χ4v) is 2.54. The van der Waals surface area contributed by atoms with Crippen LogP contribution in [0.4, 0.5) is 5.69 Å². The molecule has 17 heavy (non-hydrogen) atoms. The van der Waals surface area contributed by atoms with Gasteiger partial charge in [-0.3, -0.25) is 10.1 Å². The molecule has 84 valence electrons. The van der Waals surface area contributed by atoms with Crippen LogP contribution in [0.15, 0.2) is 36.5 Å². The summed E-state index contributed by atoms with van der Waals surface area (Å²) < 4.78 is 0.945. The van der Waals surface area contributed by atoms with Gasteiger partial charge in [0.1, 0.15) is 5.01 Å². The normalized spacial score (nSPS) is 10.8. The van der Waals surface area contributed by atoms with Gasteiger partial charge in [-0.15, -0.1) is 11.3 Å². The topological polar surface area (TPSA) is 71.8 Å². The molecule has 0 saturated carbocycles. The lowest BCUT2D eigenvalue weighted by Crippen LogP contribution is -1.86. The number of aromatic nitrogens is 2. The predicted octanol–water partition coefficient (Wildman–Crippen LogP) is 3.20. The van der Waals surface area contributed by atoms with Gasteiger partial charge < -0.3 is 4.98 Å². The Kier molecular flexibility index (Phi) is 2.15. The molecule has 6 heteroatoms. The van der Waals surface area contributed by atoms with Crippen molar-refractivity contribution < 1.29 is 4.92 Å². The highest BCUT2D eigenvalue weighted by atomic mass is 32.1. The number of nitrogens with one attached hydrogen (secondary N) is 1. The van der Waals surface area contributed by atoms with Crippen molar-refractivity contribution in [2.45, 2.75) is 0 Å². The van der Waals surface area contributed by atoms with E-state index in [0.29, 0.717) is 5.52 Å². The van der Waals surface area contributed by atoms with Crippen LogP contribution in [0, 0.1) is 10.1 Å². The van der Waals surface area contributed by atoms with Gasteiger partial charge in [-0.05, 0) is 18.2 Å². The van der Waals surface area contributed by atoms with E-state index in [4.69, 9.17) is 0 Å². The lowest BCUT2D eigenvalue weighted by atomic mass is 10.3. The summed E-state index contributed by atoms with van der Waals surface area (Å²) in [5.41, 5.74) is 1.66. The van der Waals surface area contributed by atoms with E-state index in [9.17, 15) is 10.1 Å². The molecule has 0 bridgehead atoms.